The second-order valence-electron chi connectivity index (χ2n) is 5.07. The average Bonchev–Trinajstić information content (AvgIpc) is 2.96. The topological polar surface area (TPSA) is 30.5 Å². The van der Waals surface area contributed by atoms with Crippen molar-refractivity contribution >= 4 is 15.9 Å². The van der Waals surface area contributed by atoms with Crippen molar-refractivity contribution in [1.29, 1.82) is 0 Å². The molecule has 1 aliphatic heterocycles. The minimum Gasteiger partial charge on any atom is -0.496 e. The molecule has 0 saturated carbocycles. The largest absolute Gasteiger partial charge is 0.496 e. The Morgan fingerprint density at radius 2 is 2.10 bits per heavy atom. The third-order valence-corrected chi connectivity index (χ3v) is 4.33. The molecule has 0 aromatic heterocycles. The van der Waals surface area contributed by atoms with Crippen molar-refractivity contribution in [3.05, 3.63) is 57.6 Å². The Bertz CT molecular complexity index is 657. The Morgan fingerprint density at radius 1 is 1.24 bits per heavy atom. The van der Waals surface area contributed by atoms with E-state index >= 15 is 0 Å². The van der Waals surface area contributed by atoms with E-state index in [0.717, 1.165) is 34.6 Å². The van der Waals surface area contributed by atoms with Gasteiger partial charge >= 0.3 is 0 Å². The summed E-state index contributed by atoms with van der Waals surface area (Å²) in [6, 6.07) is 12.6. The summed E-state index contributed by atoms with van der Waals surface area (Å²) in [5.41, 5.74) is 3.62. The van der Waals surface area contributed by atoms with Crippen molar-refractivity contribution in [2.24, 2.45) is 0 Å². The first-order valence-corrected chi connectivity index (χ1v) is 7.78. The molecule has 3 rings (SSSR count). The molecule has 21 heavy (non-hydrogen) atoms. The minimum atomic E-state index is 0.0864. The number of hydrogen-bond acceptors (Lipinski definition) is 3. The molecular weight excluding hydrogens is 330 g/mol. The number of nitrogens with one attached hydrogen (secondary N) is 1. The molecule has 2 aromatic rings. The molecule has 110 valence electrons. The number of hydrogen-bond donors (Lipinski definition) is 1. The van der Waals surface area contributed by atoms with Crippen LogP contribution in [-0.4, -0.2) is 20.8 Å². The molecule has 1 atom stereocenters. The first-order valence-electron chi connectivity index (χ1n) is 6.99. The zero-order valence-electron chi connectivity index (χ0n) is 12.2. The molecule has 3 nitrogen and oxygen atoms in total. The third-order valence-electron chi connectivity index (χ3n) is 3.84. The van der Waals surface area contributed by atoms with E-state index in [-0.39, 0.29) is 6.04 Å². The molecule has 1 heterocycles. The first-order chi connectivity index (χ1) is 10.2. The monoisotopic (exact) mass is 347 g/mol. The van der Waals surface area contributed by atoms with Crippen LogP contribution in [-0.2, 0) is 6.42 Å². The Morgan fingerprint density at radius 3 is 2.86 bits per heavy atom. The van der Waals surface area contributed by atoms with E-state index in [1.807, 2.05) is 19.2 Å². The molecule has 1 unspecified atom stereocenters. The summed E-state index contributed by atoms with van der Waals surface area (Å²) in [4.78, 5) is 0. The molecule has 2 aromatic carbocycles. The number of benzene rings is 2. The van der Waals surface area contributed by atoms with Crippen LogP contribution in [0.5, 0.6) is 11.5 Å². The van der Waals surface area contributed by atoms with E-state index < -0.39 is 0 Å². The number of ether oxygens (including phenoxy) is 2. The third kappa shape index (κ3) is 2.78. The van der Waals surface area contributed by atoms with Crippen LogP contribution in [0.15, 0.2) is 40.9 Å². The van der Waals surface area contributed by atoms with Gasteiger partial charge in [-0.25, -0.2) is 0 Å². The van der Waals surface area contributed by atoms with Gasteiger partial charge in [0.15, 0.2) is 0 Å². The number of halogens is 1. The second kappa shape index (κ2) is 6.08. The molecule has 0 amide bonds. The Balaban J connectivity index is 2.04. The summed E-state index contributed by atoms with van der Waals surface area (Å²) >= 11 is 3.54. The predicted molar refractivity (Wildman–Crippen MR) is 87.2 cm³/mol. The van der Waals surface area contributed by atoms with Crippen molar-refractivity contribution in [2.75, 3.05) is 20.8 Å². The maximum atomic E-state index is 5.58. The standard InChI is InChI=1S/C17H18BrNO2/c1-19-17(14-10-13(18)4-6-16(14)20-2)12-3-5-15-11(9-12)7-8-21-15/h3-6,9-10,17,19H,7-8H2,1-2H3. The number of fused-ring (bicyclic) bond motifs is 1. The van der Waals surface area contributed by atoms with Gasteiger partial charge in [-0.15, -0.1) is 0 Å². The van der Waals surface area contributed by atoms with Gasteiger partial charge < -0.3 is 14.8 Å². The van der Waals surface area contributed by atoms with Crippen LogP contribution >= 0.6 is 15.9 Å². The van der Waals surface area contributed by atoms with Gasteiger partial charge in [0.25, 0.3) is 0 Å². The van der Waals surface area contributed by atoms with E-state index in [1.165, 1.54) is 11.1 Å². The van der Waals surface area contributed by atoms with Gasteiger partial charge in [0.05, 0.1) is 19.8 Å². The molecular formula is C17H18BrNO2. The molecule has 4 heteroatoms. The van der Waals surface area contributed by atoms with E-state index in [4.69, 9.17) is 9.47 Å². The SMILES string of the molecule is CNC(c1ccc2c(c1)CCO2)c1cc(Br)ccc1OC. The van der Waals surface area contributed by atoms with Gasteiger partial charge in [-0.1, -0.05) is 28.1 Å². The van der Waals surface area contributed by atoms with Crippen molar-refractivity contribution < 1.29 is 9.47 Å². The van der Waals surface area contributed by atoms with Gasteiger partial charge in [-0.05, 0) is 42.4 Å². The molecule has 0 bridgehead atoms. The van der Waals surface area contributed by atoms with E-state index in [2.05, 4.69) is 45.5 Å². The van der Waals surface area contributed by atoms with Crippen LogP contribution in [0.25, 0.3) is 0 Å². The molecule has 0 aliphatic carbocycles. The highest BCUT2D eigenvalue weighted by atomic mass is 79.9. The van der Waals surface area contributed by atoms with Crippen LogP contribution in [0.3, 0.4) is 0 Å². The van der Waals surface area contributed by atoms with Crippen LogP contribution in [0.1, 0.15) is 22.7 Å². The van der Waals surface area contributed by atoms with E-state index in [9.17, 15) is 0 Å². The lowest BCUT2D eigenvalue weighted by Gasteiger charge is -2.21. The fourth-order valence-electron chi connectivity index (χ4n) is 2.82. The number of methoxy groups -OCH3 is 1. The van der Waals surface area contributed by atoms with Crippen LogP contribution in [0.4, 0.5) is 0 Å². The van der Waals surface area contributed by atoms with Crippen molar-refractivity contribution in [3.8, 4) is 11.5 Å². The van der Waals surface area contributed by atoms with Gasteiger partial charge in [-0.3, -0.25) is 0 Å². The highest BCUT2D eigenvalue weighted by molar-refractivity contribution is 9.10. The smallest absolute Gasteiger partial charge is 0.124 e. The maximum Gasteiger partial charge on any atom is 0.124 e. The van der Waals surface area contributed by atoms with Gasteiger partial charge in [-0.2, -0.15) is 0 Å². The zero-order chi connectivity index (χ0) is 14.8. The van der Waals surface area contributed by atoms with E-state index in [0.29, 0.717) is 0 Å². The molecule has 0 saturated heterocycles. The number of rotatable bonds is 4. The van der Waals surface area contributed by atoms with Gasteiger partial charge in [0, 0.05) is 16.5 Å². The van der Waals surface area contributed by atoms with Crippen molar-refractivity contribution in [3.63, 3.8) is 0 Å². The summed E-state index contributed by atoms with van der Waals surface area (Å²) in [7, 11) is 3.67. The average molecular weight is 348 g/mol. The van der Waals surface area contributed by atoms with Gasteiger partial charge in [0.2, 0.25) is 0 Å². The van der Waals surface area contributed by atoms with Crippen LogP contribution in [0.2, 0.25) is 0 Å². The quantitative estimate of drug-likeness (QED) is 0.914. The van der Waals surface area contributed by atoms with Crippen molar-refractivity contribution in [2.45, 2.75) is 12.5 Å². The molecule has 1 N–H and O–H groups in total. The summed E-state index contributed by atoms with van der Waals surface area (Å²) in [6.07, 6.45) is 0.981. The maximum absolute atomic E-state index is 5.58. The summed E-state index contributed by atoms with van der Waals surface area (Å²) in [6.45, 7) is 0.781. The highest BCUT2D eigenvalue weighted by Gasteiger charge is 2.20. The molecule has 0 fully saturated rings. The van der Waals surface area contributed by atoms with Gasteiger partial charge in [0.1, 0.15) is 11.5 Å². The Hall–Kier alpha value is -1.52. The molecule has 1 aliphatic rings. The Labute approximate surface area is 133 Å². The zero-order valence-corrected chi connectivity index (χ0v) is 13.7. The minimum absolute atomic E-state index is 0.0864. The summed E-state index contributed by atoms with van der Waals surface area (Å²) < 4.78 is 12.1. The molecule has 0 spiro atoms. The van der Waals surface area contributed by atoms with E-state index in [1.54, 1.807) is 7.11 Å². The lowest BCUT2D eigenvalue weighted by molar-refractivity contribution is 0.357. The fraction of sp³-hybridized carbons (Fsp3) is 0.294. The van der Waals surface area contributed by atoms with Crippen LogP contribution < -0.4 is 14.8 Å². The lowest BCUT2D eigenvalue weighted by Crippen LogP contribution is -2.18. The van der Waals surface area contributed by atoms with Crippen molar-refractivity contribution in [1.82, 2.24) is 5.32 Å². The fourth-order valence-corrected chi connectivity index (χ4v) is 3.20. The summed E-state index contributed by atoms with van der Waals surface area (Å²) in [5.74, 6) is 1.89. The highest BCUT2D eigenvalue weighted by Crippen LogP contribution is 2.35. The van der Waals surface area contributed by atoms with Crippen LogP contribution in [0, 0.1) is 0 Å². The summed E-state index contributed by atoms with van der Waals surface area (Å²) in [5, 5.41) is 3.39. The normalized spacial score (nSPS) is 14.4. The predicted octanol–water partition coefficient (Wildman–Crippen LogP) is 3.70. The second-order valence-corrected chi connectivity index (χ2v) is 5.99. The lowest BCUT2D eigenvalue weighted by atomic mass is 9.96. The molecule has 0 radical (unpaired) electrons. The Kier molecular flexibility index (Phi) is 4.17. The first kappa shape index (κ1) is 14.4.